The summed E-state index contributed by atoms with van der Waals surface area (Å²) < 4.78 is 0. The lowest BCUT2D eigenvalue weighted by atomic mass is 9.50. The van der Waals surface area contributed by atoms with E-state index in [1.165, 1.54) is 5.57 Å². The molecule has 12 heavy (non-hydrogen) atoms. The van der Waals surface area contributed by atoms with Crippen molar-refractivity contribution in [2.24, 2.45) is 11.3 Å². The third-order valence-corrected chi connectivity index (χ3v) is 3.01. The predicted molar refractivity (Wildman–Crippen MR) is 43.7 cm³/mol. The van der Waals surface area contributed by atoms with Crippen molar-refractivity contribution >= 4 is 0 Å². The molecule has 0 aromatic heterocycles. The minimum atomic E-state index is 0.300. The van der Waals surface area contributed by atoms with Crippen molar-refractivity contribution in [1.29, 1.82) is 10.5 Å². The Morgan fingerprint density at radius 3 is 2.50 bits per heavy atom. The minimum Gasteiger partial charge on any atom is -0.198 e. The minimum absolute atomic E-state index is 0.300. The van der Waals surface area contributed by atoms with Crippen LogP contribution in [0.4, 0.5) is 0 Å². The summed E-state index contributed by atoms with van der Waals surface area (Å²) in [7, 11) is 0. The van der Waals surface area contributed by atoms with Gasteiger partial charge in [-0.15, -0.1) is 0 Å². The molecule has 0 amide bonds. The molecule has 0 N–H and O–H groups in total. The summed E-state index contributed by atoms with van der Waals surface area (Å²) in [6, 6.07) is 4.34. The van der Waals surface area contributed by atoms with E-state index in [0.29, 0.717) is 11.3 Å². The van der Waals surface area contributed by atoms with Gasteiger partial charge in [0, 0.05) is 12.0 Å². The number of nitrogens with zero attached hydrogens (tertiary/aromatic N) is 2. The van der Waals surface area contributed by atoms with Crippen LogP contribution in [-0.2, 0) is 0 Å². The largest absolute Gasteiger partial charge is 0.198 e. The first kappa shape index (κ1) is 7.37. The first-order valence-corrected chi connectivity index (χ1v) is 4.25. The Balaban J connectivity index is 1.88. The molecule has 60 valence electrons. The van der Waals surface area contributed by atoms with Gasteiger partial charge in [0.15, 0.2) is 0 Å². The fraction of sp³-hybridized carbons (Fsp3) is 0.600. The third kappa shape index (κ3) is 0.924. The molecule has 0 aromatic rings. The Hall–Kier alpha value is -1.28. The monoisotopic (exact) mass is 158 g/mol. The molecule has 2 heteroatoms. The lowest BCUT2D eigenvalue weighted by Crippen LogP contribution is -2.43. The third-order valence-electron chi connectivity index (χ3n) is 3.01. The smallest absolute Gasteiger partial charge is 0.0911 e. The second-order valence-corrected chi connectivity index (χ2v) is 4.02. The fourth-order valence-corrected chi connectivity index (χ4v) is 2.47. The second kappa shape index (κ2) is 2.35. The molecule has 2 aliphatic rings. The van der Waals surface area contributed by atoms with Gasteiger partial charge in [-0.3, -0.25) is 0 Å². The van der Waals surface area contributed by atoms with E-state index in [0.717, 1.165) is 25.7 Å². The summed E-state index contributed by atoms with van der Waals surface area (Å²) in [5.74, 6) is 0.300. The van der Waals surface area contributed by atoms with Gasteiger partial charge in [0.2, 0.25) is 0 Å². The highest BCUT2D eigenvalue weighted by Gasteiger charge is 2.50. The Morgan fingerprint density at radius 2 is 2.00 bits per heavy atom. The van der Waals surface area contributed by atoms with E-state index in [1.54, 1.807) is 6.08 Å². The van der Waals surface area contributed by atoms with Gasteiger partial charge >= 0.3 is 0 Å². The molecule has 2 rings (SSSR count). The number of hydrogen-bond acceptors (Lipinski definition) is 2. The highest BCUT2D eigenvalue weighted by molar-refractivity contribution is 5.28. The Bertz CT molecular complexity index is 298. The van der Waals surface area contributed by atoms with Gasteiger partial charge in [-0.2, -0.15) is 10.5 Å². The number of nitriles is 2. The first-order chi connectivity index (χ1) is 5.78. The average Bonchev–Trinajstić information content (AvgIpc) is 1.91. The van der Waals surface area contributed by atoms with Crippen molar-refractivity contribution in [3.8, 4) is 12.1 Å². The van der Waals surface area contributed by atoms with Crippen molar-refractivity contribution in [2.45, 2.75) is 25.7 Å². The average molecular weight is 158 g/mol. The molecule has 2 aliphatic carbocycles. The van der Waals surface area contributed by atoms with Crippen LogP contribution in [0.3, 0.4) is 0 Å². The number of hydrogen-bond donors (Lipinski definition) is 0. The van der Waals surface area contributed by atoms with E-state index in [4.69, 9.17) is 10.5 Å². The molecule has 2 saturated carbocycles. The van der Waals surface area contributed by atoms with E-state index in [-0.39, 0.29) is 0 Å². The SMILES string of the molecule is N#CC=C1CC2(C1)CC(C#N)C2. The lowest BCUT2D eigenvalue weighted by molar-refractivity contribution is 0.0420. The molecule has 2 nitrogen and oxygen atoms in total. The molecule has 0 atom stereocenters. The van der Waals surface area contributed by atoms with Gasteiger partial charge in [0.05, 0.1) is 12.1 Å². The molecule has 0 bridgehead atoms. The van der Waals surface area contributed by atoms with Gasteiger partial charge in [0.1, 0.15) is 0 Å². The molecule has 0 radical (unpaired) electrons. The summed E-state index contributed by atoms with van der Waals surface area (Å²) in [6.07, 6.45) is 5.92. The maximum Gasteiger partial charge on any atom is 0.0911 e. The number of allylic oxidation sites excluding steroid dienone is 2. The van der Waals surface area contributed by atoms with Crippen molar-refractivity contribution in [3.63, 3.8) is 0 Å². The van der Waals surface area contributed by atoms with Crippen LogP contribution in [0.15, 0.2) is 11.6 Å². The van der Waals surface area contributed by atoms with Gasteiger partial charge < -0.3 is 0 Å². The van der Waals surface area contributed by atoms with Gasteiger partial charge in [0.25, 0.3) is 0 Å². The van der Waals surface area contributed by atoms with Crippen LogP contribution in [0.5, 0.6) is 0 Å². The molecule has 1 spiro atoms. The molecule has 0 saturated heterocycles. The first-order valence-electron chi connectivity index (χ1n) is 4.25. The summed E-state index contributed by atoms with van der Waals surface area (Å²) in [5, 5.41) is 17.0. The second-order valence-electron chi connectivity index (χ2n) is 4.02. The van der Waals surface area contributed by atoms with E-state index in [9.17, 15) is 0 Å². The summed E-state index contributed by atoms with van der Waals surface area (Å²) in [4.78, 5) is 0. The van der Waals surface area contributed by atoms with Crippen molar-refractivity contribution < 1.29 is 0 Å². The van der Waals surface area contributed by atoms with E-state index < -0.39 is 0 Å². The molecule has 0 heterocycles. The highest BCUT2D eigenvalue weighted by Crippen LogP contribution is 2.60. The van der Waals surface area contributed by atoms with Crippen LogP contribution in [0.2, 0.25) is 0 Å². The maximum atomic E-state index is 8.59. The van der Waals surface area contributed by atoms with Crippen molar-refractivity contribution in [1.82, 2.24) is 0 Å². The van der Waals surface area contributed by atoms with Crippen LogP contribution in [-0.4, -0.2) is 0 Å². The summed E-state index contributed by atoms with van der Waals surface area (Å²) in [6.45, 7) is 0. The van der Waals surface area contributed by atoms with Gasteiger partial charge in [-0.05, 0) is 31.1 Å². The lowest BCUT2D eigenvalue weighted by Gasteiger charge is -2.53. The molecule has 2 fully saturated rings. The van der Waals surface area contributed by atoms with E-state index in [1.807, 2.05) is 0 Å². The highest BCUT2D eigenvalue weighted by atomic mass is 14.5. The molecular formula is C10H10N2. The van der Waals surface area contributed by atoms with Crippen LogP contribution in [0.25, 0.3) is 0 Å². The van der Waals surface area contributed by atoms with Crippen LogP contribution in [0.1, 0.15) is 25.7 Å². The van der Waals surface area contributed by atoms with Gasteiger partial charge in [-0.1, -0.05) is 5.57 Å². The molecule has 0 aromatic carbocycles. The zero-order valence-corrected chi connectivity index (χ0v) is 6.88. The molecule has 0 unspecified atom stereocenters. The quantitative estimate of drug-likeness (QED) is 0.507. The van der Waals surface area contributed by atoms with E-state index >= 15 is 0 Å². The van der Waals surface area contributed by atoms with Gasteiger partial charge in [-0.25, -0.2) is 0 Å². The number of rotatable bonds is 0. The maximum absolute atomic E-state index is 8.59. The predicted octanol–water partition coefficient (Wildman–Crippen LogP) is 2.15. The fourth-order valence-electron chi connectivity index (χ4n) is 2.47. The summed E-state index contributed by atoms with van der Waals surface area (Å²) >= 11 is 0. The topological polar surface area (TPSA) is 47.6 Å². The Labute approximate surface area is 72.1 Å². The molecule has 0 aliphatic heterocycles. The van der Waals surface area contributed by atoms with Crippen LogP contribution in [0, 0.1) is 34.0 Å². The Kier molecular flexibility index (Phi) is 1.45. The van der Waals surface area contributed by atoms with E-state index in [2.05, 4.69) is 12.1 Å². The zero-order valence-electron chi connectivity index (χ0n) is 6.88. The van der Waals surface area contributed by atoms with Crippen molar-refractivity contribution in [3.05, 3.63) is 11.6 Å². The normalized spacial score (nSPS) is 37.5. The van der Waals surface area contributed by atoms with Crippen molar-refractivity contribution in [2.75, 3.05) is 0 Å². The summed E-state index contributed by atoms with van der Waals surface area (Å²) in [5.41, 5.74) is 1.72. The zero-order chi connectivity index (χ0) is 8.60. The van der Waals surface area contributed by atoms with Crippen LogP contribution >= 0.6 is 0 Å². The molecular weight excluding hydrogens is 148 g/mol. The van der Waals surface area contributed by atoms with Crippen LogP contribution < -0.4 is 0 Å². The Morgan fingerprint density at radius 1 is 1.33 bits per heavy atom. The standard InChI is InChI=1S/C10H10N2/c11-2-1-8-3-10(4-8)5-9(6-10)7-12/h1,9H,3-6H2.